The van der Waals surface area contributed by atoms with Crippen molar-refractivity contribution in [3.63, 3.8) is 0 Å². The Kier molecular flexibility index (Phi) is 5.34. The Labute approximate surface area is 133 Å². The Bertz CT molecular complexity index is 620. The summed E-state index contributed by atoms with van der Waals surface area (Å²) in [5.41, 5.74) is 0.145. The van der Waals surface area contributed by atoms with Gasteiger partial charge in [0.2, 0.25) is 0 Å². The first-order valence-electron chi connectivity index (χ1n) is 7.48. The summed E-state index contributed by atoms with van der Waals surface area (Å²) < 4.78 is 5.41. The zero-order chi connectivity index (χ0) is 16.0. The lowest BCUT2D eigenvalue weighted by molar-refractivity contribution is -0.134. The smallest absolute Gasteiger partial charge is 0.311 e. The van der Waals surface area contributed by atoms with E-state index < -0.39 is 8.07 Å². The average Bonchev–Trinajstić information content (AvgIpc) is 2.54. The average molecular weight is 310 g/mol. The summed E-state index contributed by atoms with van der Waals surface area (Å²) in [6.07, 6.45) is 2.28. The van der Waals surface area contributed by atoms with Gasteiger partial charge in [0.05, 0.1) is 14.5 Å². The second-order valence-corrected chi connectivity index (χ2v) is 10.7. The van der Waals surface area contributed by atoms with Crippen LogP contribution in [0.25, 0.3) is 0 Å². The molecule has 0 radical (unpaired) electrons. The fraction of sp³-hybridized carbons (Fsp3) is 0.211. The topological polar surface area (TPSA) is 26.3 Å². The van der Waals surface area contributed by atoms with Gasteiger partial charge in [-0.3, -0.25) is 4.79 Å². The third kappa shape index (κ3) is 3.95. The van der Waals surface area contributed by atoms with Crippen LogP contribution in [0.1, 0.15) is 6.42 Å². The van der Waals surface area contributed by atoms with E-state index in [1.54, 1.807) is 12.1 Å². The minimum absolute atomic E-state index is 0.145. The van der Waals surface area contributed by atoms with Crippen molar-refractivity contribution in [2.75, 3.05) is 0 Å². The second kappa shape index (κ2) is 7.23. The molecule has 0 aliphatic rings. The first kappa shape index (κ1) is 16.2. The third-order valence-electron chi connectivity index (χ3n) is 4.09. The van der Waals surface area contributed by atoms with E-state index in [1.807, 2.05) is 42.5 Å². The van der Waals surface area contributed by atoms with Crippen LogP contribution < -0.4 is 9.92 Å². The van der Waals surface area contributed by atoms with Crippen molar-refractivity contribution >= 4 is 19.2 Å². The number of allylic oxidation sites excluding steroid dienone is 1. The highest BCUT2D eigenvalue weighted by atomic mass is 28.3. The largest absolute Gasteiger partial charge is 0.427 e. The van der Waals surface area contributed by atoms with Gasteiger partial charge in [0.1, 0.15) is 5.75 Å². The Morgan fingerprint density at radius 1 is 1.09 bits per heavy atom. The van der Waals surface area contributed by atoms with Crippen molar-refractivity contribution in [2.24, 2.45) is 0 Å². The van der Waals surface area contributed by atoms with Crippen molar-refractivity contribution in [3.05, 3.63) is 73.3 Å². The fourth-order valence-corrected chi connectivity index (χ4v) is 5.30. The van der Waals surface area contributed by atoms with E-state index >= 15 is 0 Å². The molecule has 0 bridgehead atoms. The maximum Gasteiger partial charge on any atom is 0.311 e. The fourth-order valence-electron chi connectivity index (χ4n) is 2.56. The molecule has 0 fully saturated rings. The van der Waals surface area contributed by atoms with Crippen LogP contribution in [0, 0.1) is 0 Å². The molecular formula is C19H22O2Si. The molecule has 114 valence electrons. The molecule has 22 heavy (non-hydrogen) atoms. The molecule has 0 aliphatic carbocycles. The standard InChI is InChI=1S/C19H22O2Si/c1-4-17(22(2,3)18-13-9-6-10-14-18)15-19(20)21-16-11-7-5-8-12-16/h4-14,17H,1,15H2,2-3H3/t17-/m0/s1. The summed E-state index contributed by atoms with van der Waals surface area (Å²) >= 11 is 0. The first-order chi connectivity index (χ1) is 10.5. The van der Waals surface area contributed by atoms with Crippen LogP contribution in [0.2, 0.25) is 18.6 Å². The number of para-hydroxylation sites is 1. The molecule has 0 saturated carbocycles. The van der Waals surface area contributed by atoms with E-state index in [0.717, 1.165) is 0 Å². The molecule has 0 aromatic heterocycles. The monoisotopic (exact) mass is 310 g/mol. The highest BCUT2D eigenvalue weighted by molar-refractivity contribution is 6.91. The van der Waals surface area contributed by atoms with Gasteiger partial charge in [-0.05, 0) is 17.7 Å². The van der Waals surface area contributed by atoms with Crippen molar-refractivity contribution in [3.8, 4) is 5.75 Å². The maximum atomic E-state index is 12.2. The van der Waals surface area contributed by atoms with Crippen molar-refractivity contribution in [1.29, 1.82) is 0 Å². The van der Waals surface area contributed by atoms with Crippen molar-refractivity contribution in [2.45, 2.75) is 25.1 Å². The van der Waals surface area contributed by atoms with Crippen molar-refractivity contribution in [1.82, 2.24) is 0 Å². The van der Waals surface area contributed by atoms with Crippen LogP contribution in [0.4, 0.5) is 0 Å². The van der Waals surface area contributed by atoms with Gasteiger partial charge in [-0.25, -0.2) is 0 Å². The molecule has 0 saturated heterocycles. The van der Waals surface area contributed by atoms with E-state index in [2.05, 4.69) is 31.8 Å². The zero-order valence-corrected chi connectivity index (χ0v) is 14.2. The molecule has 0 spiro atoms. The third-order valence-corrected chi connectivity index (χ3v) is 8.21. The van der Waals surface area contributed by atoms with Gasteiger partial charge < -0.3 is 4.74 Å². The minimum atomic E-state index is -1.81. The Balaban J connectivity index is 2.08. The van der Waals surface area contributed by atoms with Crippen LogP contribution in [-0.2, 0) is 4.79 Å². The number of hydrogen-bond donors (Lipinski definition) is 0. The van der Waals surface area contributed by atoms with Crippen LogP contribution in [0.3, 0.4) is 0 Å². The summed E-state index contributed by atoms with van der Waals surface area (Å²) in [5.74, 6) is 0.391. The molecule has 2 aromatic carbocycles. The number of ether oxygens (including phenoxy) is 1. The molecule has 0 unspecified atom stereocenters. The predicted molar refractivity (Wildman–Crippen MR) is 94.2 cm³/mol. The quantitative estimate of drug-likeness (QED) is 0.347. The zero-order valence-electron chi connectivity index (χ0n) is 13.2. The van der Waals surface area contributed by atoms with Crippen LogP contribution >= 0.6 is 0 Å². The number of esters is 1. The van der Waals surface area contributed by atoms with Crippen LogP contribution in [0.15, 0.2) is 73.3 Å². The number of hydrogen-bond acceptors (Lipinski definition) is 2. The van der Waals surface area contributed by atoms with Gasteiger partial charge in [-0.2, -0.15) is 0 Å². The summed E-state index contributed by atoms with van der Waals surface area (Å²) in [4.78, 5) is 12.2. The lowest BCUT2D eigenvalue weighted by Crippen LogP contribution is -2.46. The highest BCUT2D eigenvalue weighted by Gasteiger charge is 2.33. The number of carbonyl (C=O) groups is 1. The summed E-state index contributed by atoms with van der Waals surface area (Å²) in [7, 11) is -1.81. The van der Waals surface area contributed by atoms with E-state index in [1.165, 1.54) is 5.19 Å². The van der Waals surface area contributed by atoms with Gasteiger partial charge in [0, 0.05) is 0 Å². The molecule has 0 heterocycles. The van der Waals surface area contributed by atoms with E-state index in [4.69, 9.17) is 4.74 Å². The van der Waals surface area contributed by atoms with Gasteiger partial charge in [-0.15, -0.1) is 6.58 Å². The second-order valence-electron chi connectivity index (χ2n) is 5.92. The molecule has 2 aromatic rings. The van der Waals surface area contributed by atoms with Crippen molar-refractivity contribution < 1.29 is 9.53 Å². The van der Waals surface area contributed by atoms with Crippen LogP contribution in [0.5, 0.6) is 5.75 Å². The lowest BCUT2D eigenvalue weighted by atomic mass is 10.3. The lowest BCUT2D eigenvalue weighted by Gasteiger charge is -2.30. The molecule has 3 heteroatoms. The molecule has 2 nitrogen and oxygen atoms in total. The molecule has 0 aliphatic heterocycles. The summed E-state index contributed by atoms with van der Waals surface area (Å²) in [6, 6.07) is 19.6. The number of benzene rings is 2. The molecular weight excluding hydrogens is 288 g/mol. The number of carbonyl (C=O) groups excluding carboxylic acids is 1. The Hall–Kier alpha value is -2.13. The Morgan fingerprint density at radius 3 is 2.18 bits per heavy atom. The van der Waals surface area contributed by atoms with Crippen LogP contribution in [-0.4, -0.2) is 14.0 Å². The molecule has 0 N–H and O–H groups in total. The molecule has 1 atom stereocenters. The predicted octanol–water partition coefficient (Wildman–Crippen LogP) is 4.15. The summed E-state index contributed by atoms with van der Waals surface area (Å²) in [6.45, 7) is 8.48. The minimum Gasteiger partial charge on any atom is -0.427 e. The Morgan fingerprint density at radius 2 is 1.64 bits per heavy atom. The highest BCUT2D eigenvalue weighted by Crippen LogP contribution is 2.27. The molecule has 2 rings (SSSR count). The van der Waals surface area contributed by atoms with E-state index in [-0.39, 0.29) is 11.5 Å². The van der Waals surface area contributed by atoms with Gasteiger partial charge in [0.15, 0.2) is 0 Å². The first-order valence-corrected chi connectivity index (χ1v) is 10.6. The number of rotatable bonds is 6. The van der Waals surface area contributed by atoms with E-state index in [0.29, 0.717) is 12.2 Å². The van der Waals surface area contributed by atoms with Gasteiger partial charge in [0.25, 0.3) is 0 Å². The van der Waals surface area contributed by atoms with Gasteiger partial charge >= 0.3 is 5.97 Å². The molecule has 0 amide bonds. The SMILES string of the molecule is C=C[C@@H](CC(=O)Oc1ccccc1)[Si](C)(C)c1ccccc1. The maximum absolute atomic E-state index is 12.2. The van der Waals surface area contributed by atoms with Gasteiger partial charge in [-0.1, -0.05) is 72.9 Å². The summed E-state index contributed by atoms with van der Waals surface area (Å²) in [5, 5.41) is 1.33. The normalized spacial score (nSPS) is 12.5. The van der Waals surface area contributed by atoms with E-state index in [9.17, 15) is 4.79 Å².